The smallest absolute Gasteiger partial charge is 0.335 e. The molecule has 0 bridgehead atoms. The molecule has 10 heteroatoms. The fourth-order valence-corrected chi connectivity index (χ4v) is 2.84. The van der Waals surface area contributed by atoms with E-state index in [0.717, 1.165) is 28.5 Å². The van der Waals surface area contributed by atoms with Crippen LogP contribution >= 0.6 is 0 Å². The molecule has 0 fully saturated rings. The third-order valence-electron chi connectivity index (χ3n) is 5.70. The summed E-state index contributed by atoms with van der Waals surface area (Å²) in [6.07, 6.45) is 14.1. The van der Waals surface area contributed by atoms with Crippen molar-refractivity contribution in [2.24, 2.45) is 11.5 Å². The molecule has 3 rings (SSSR count). The number of terminal acetylenes is 2. The molecule has 0 saturated carbocycles. The van der Waals surface area contributed by atoms with Gasteiger partial charge in [0.25, 0.3) is 0 Å². The Labute approximate surface area is 330 Å². The molecular weight excluding hydrogens is 840 g/mol. The van der Waals surface area contributed by atoms with Crippen molar-refractivity contribution >= 4 is 26.0 Å². The number of aromatic carboxylic acids is 3. The van der Waals surface area contributed by atoms with Gasteiger partial charge in [-0.15, -0.1) is 18.4 Å². The summed E-state index contributed by atoms with van der Waals surface area (Å²) < 4.78 is 0. The van der Waals surface area contributed by atoms with Crippen LogP contribution in [0.25, 0.3) is 0 Å². The second-order valence-electron chi connectivity index (χ2n) is 10.6. The first kappa shape index (κ1) is 56.1. The van der Waals surface area contributed by atoms with Crippen molar-refractivity contribution in [1.29, 1.82) is 0 Å². The molecule has 3 aromatic carbocycles. The second-order valence-corrected chi connectivity index (χ2v) is 15.4. The predicted molar refractivity (Wildman–Crippen MR) is 219 cm³/mol. The number of hydrogen-bond acceptors (Lipinski definition) is 5. The van der Waals surface area contributed by atoms with Crippen LogP contribution in [0.4, 0.5) is 0 Å². The summed E-state index contributed by atoms with van der Waals surface area (Å²) in [6, 6.07) is 14.7. The maximum Gasteiger partial charge on any atom is 0.335 e. The Morgan fingerprint density at radius 2 is 1.02 bits per heavy atom. The fourth-order valence-electron chi connectivity index (χ4n) is 2.84. The van der Waals surface area contributed by atoms with Crippen LogP contribution in [0.2, 0.25) is 19.6 Å². The van der Waals surface area contributed by atoms with Gasteiger partial charge in [0.05, 0.1) is 16.7 Å². The first-order valence-electron chi connectivity index (χ1n) is 15.9. The summed E-state index contributed by atoms with van der Waals surface area (Å²) >= 11 is 0. The largest absolute Gasteiger partial charge is 0.497 e. The molecule has 0 aliphatic rings. The summed E-state index contributed by atoms with van der Waals surface area (Å²) in [5.74, 6) is 5.19. The Bertz CT molecular complexity index is 1730. The maximum atomic E-state index is 10.7. The summed E-state index contributed by atoms with van der Waals surface area (Å²) in [4.78, 5) is 31.7. The van der Waals surface area contributed by atoms with Crippen molar-refractivity contribution in [1.82, 2.24) is 0 Å². The molecule has 0 heterocycles. The predicted octanol–water partition coefficient (Wildman–Crippen LogP) is 9.12. The van der Waals surface area contributed by atoms with E-state index in [2.05, 4.69) is 55.3 Å². The molecule has 0 aliphatic heterocycles. The molecule has 0 radical (unpaired) electrons. The molecule has 0 spiro atoms. The topological polar surface area (TPSA) is 164 Å². The number of rotatable bonds is 3. The van der Waals surface area contributed by atoms with Crippen molar-refractivity contribution in [2.75, 3.05) is 0 Å². The van der Waals surface area contributed by atoms with Crippen LogP contribution in [0.5, 0.6) is 0 Å². The zero-order chi connectivity index (χ0) is 40.7. The van der Waals surface area contributed by atoms with E-state index >= 15 is 0 Å². The van der Waals surface area contributed by atoms with Gasteiger partial charge in [0.1, 0.15) is 8.07 Å². The quantitative estimate of drug-likeness (QED) is 0.0988. The van der Waals surface area contributed by atoms with E-state index in [1.165, 1.54) is 18.3 Å². The third-order valence-corrected chi connectivity index (χ3v) is 6.56. The summed E-state index contributed by atoms with van der Waals surface area (Å²) in [5.41, 5.74) is 18.5. The van der Waals surface area contributed by atoms with E-state index < -0.39 is 26.0 Å². The Morgan fingerprint density at radius 1 is 0.692 bits per heavy atom. The number of hydrogen-bond donors (Lipinski definition) is 5. The van der Waals surface area contributed by atoms with E-state index in [-0.39, 0.29) is 35.0 Å². The molecule has 0 aliphatic carbocycles. The number of allylic oxidation sites excluding steroid dienone is 1. The monoisotopic (exact) mass is 903 g/mol. The average Bonchev–Trinajstić information content (AvgIpc) is 3.09. The van der Waals surface area contributed by atoms with E-state index in [9.17, 15) is 14.4 Å². The van der Waals surface area contributed by atoms with Crippen LogP contribution in [0.15, 0.2) is 73.1 Å². The van der Waals surface area contributed by atoms with Gasteiger partial charge in [0.15, 0.2) is 0 Å². The van der Waals surface area contributed by atoms with Gasteiger partial charge in [0.2, 0.25) is 0 Å². The average molecular weight is 904 g/mol. The summed E-state index contributed by atoms with van der Waals surface area (Å²) in [7, 11) is -1.10. The minimum atomic E-state index is -1.10. The Morgan fingerprint density at radius 3 is 1.33 bits per heavy atom. The van der Waals surface area contributed by atoms with Crippen LogP contribution in [0.3, 0.4) is 0 Å². The fraction of sp³-hybridized carbons (Fsp3) is 0.262. The van der Waals surface area contributed by atoms with Crippen molar-refractivity contribution in [2.45, 2.75) is 75.0 Å². The molecule has 0 atom stereocenters. The molecule has 0 unspecified atom stereocenters. The van der Waals surface area contributed by atoms with E-state index in [0.29, 0.717) is 16.7 Å². The molecule has 52 heavy (non-hydrogen) atoms. The van der Waals surface area contributed by atoms with Gasteiger partial charge < -0.3 is 33.4 Å². The first-order chi connectivity index (χ1) is 23.9. The Balaban J connectivity index is -0.000000104. The third kappa shape index (κ3) is 27.5. The van der Waals surface area contributed by atoms with Gasteiger partial charge >= 0.3 is 17.9 Å². The van der Waals surface area contributed by atoms with Crippen LogP contribution in [0, 0.1) is 70.4 Å². The van der Waals surface area contributed by atoms with Crippen LogP contribution in [-0.4, -0.2) is 41.3 Å². The number of nitrogens with two attached hydrogens (primary N) is 2. The molecule has 0 saturated heterocycles. The van der Waals surface area contributed by atoms with Crippen molar-refractivity contribution in [3.05, 3.63) is 130 Å². The molecular formula is C42H59N2O6SiW-. The standard InChI is InChI=1S/C12H11NO2.C10H8O2.C9H10O2.C5H10Si.C2H4N.2C2H6.W.2H2/c1-9-5-6-11(12(14)15)8-10(9)4-2-3-7-13;1-3-8-6-9(10(11)12)5-4-7(8)2;1-6-3-4-8(9(10)11)5-7(6)2;1-5-6(2,3)4;1-2-3;2*1-2;;;/h3,5-8H,13H2,1H3,(H,14,15);1,4-6H,2H3,(H,11,12);3-5H,1-2H3,(H,10,11);1H,2-4H3;1-2H,3H2;2*1-2H3;;2*1H/q;;;;-1;;;;;/b7-3+;;;;;;;;;/i;;;;;;;;2*1+2. The van der Waals surface area contributed by atoms with Crippen molar-refractivity contribution in [3.63, 3.8) is 0 Å². The molecule has 3 aromatic rings. The number of aryl methyl sites for hydroxylation is 4. The van der Waals surface area contributed by atoms with Gasteiger partial charge in [-0.05, 0) is 86.3 Å². The number of benzene rings is 3. The number of carboxylic acid groups (broad SMARTS) is 3. The van der Waals surface area contributed by atoms with Gasteiger partial charge in [-0.25, -0.2) is 14.4 Å². The van der Waals surface area contributed by atoms with Crippen LogP contribution in [0.1, 0.15) is 95.0 Å². The minimum Gasteiger partial charge on any atom is -0.497 e. The normalized spacial score (nSPS) is 8.56. The molecule has 0 aromatic heterocycles. The van der Waals surface area contributed by atoms with E-state index in [4.69, 9.17) is 33.9 Å². The van der Waals surface area contributed by atoms with E-state index in [1.807, 2.05) is 61.5 Å². The second kappa shape index (κ2) is 32.9. The van der Waals surface area contributed by atoms with Gasteiger partial charge in [-0.1, -0.05) is 83.3 Å². The molecule has 0 amide bonds. The van der Waals surface area contributed by atoms with Gasteiger partial charge in [-0.2, -0.15) is 6.20 Å². The van der Waals surface area contributed by atoms with Crippen molar-refractivity contribution < 1.29 is 53.6 Å². The van der Waals surface area contributed by atoms with Crippen LogP contribution < -0.4 is 11.5 Å². The zero-order valence-electron chi connectivity index (χ0n) is 32.3. The Hall–Kier alpha value is -5.26. The number of carboxylic acids is 3. The summed E-state index contributed by atoms with van der Waals surface area (Å²) in [5, 5.41) is 26.0. The van der Waals surface area contributed by atoms with Crippen LogP contribution in [-0.2, 0) is 21.1 Å². The minimum absolute atomic E-state index is 0. The maximum absolute atomic E-state index is 10.7. The van der Waals surface area contributed by atoms with E-state index in [1.54, 1.807) is 42.5 Å². The molecule has 284 valence electrons. The molecule has 8 nitrogen and oxygen atoms in total. The SMILES string of the molecule is C#C[Si](C)(C)C.C#Cc1cc(C(=O)O)ccc1C.CC.CC.Cc1ccc(C(=O)O)cc1C.Cc1ccc(C(=O)O)cc1C#C/C=C/N.[3HH].[3HH].[CH-]=CN.[W]. The van der Waals surface area contributed by atoms with Gasteiger partial charge in [-0.3, -0.25) is 0 Å². The molecule has 7 N–H and O–H groups in total. The zero-order valence-corrected chi connectivity index (χ0v) is 36.2. The summed E-state index contributed by atoms with van der Waals surface area (Å²) in [6.45, 7) is 26.5. The van der Waals surface area contributed by atoms with Crippen molar-refractivity contribution in [3.8, 4) is 36.2 Å². The number of carbonyl (C=O) groups is 3. The first-order valence-corrected chi connectivity index (χ1v) is 19.4. The van der Waals surface area contributed by atoms with Gasteiger partial charge in [0, 0.05) is 47.3 Å². The Kier molecular flexibility index (Phi) is 35.5.